The molecule has 0 aromatic carbocycles. The van der Waals surface area contributed by atoms with E-state index < -0.39 is 10.0 Å². The summed E-state index contributed by atoms with van der Waals surface area (Å²) in [5.41, 5.74) is 0. The number of rotatable bonds is 2. The molecular formula is C11H21N3O2S. The molecule has 2 N–H and O–H groups in total. The van der Waals surface area contributed by atoms with E-state index in [0.29, 0.717) is 18.1 Å². The number of likely N-dealkylation sites (N-methyl/N-ethyl adjacent to an activating group) is 1. The lowest BCUT2D eigenvalue weighted by molar-refractivity contribution is 0.000565. The van der Waals surface area contributed by atoms with Gasteiger partial charge in [0.2, 0.25) is 10.0 Å². The van der Waals surface area contributed by atoms with Gasteiger partial charge in [-0.25, -0.2) is 13.6 Å². The van der Waals surface area contributed by atoms with Gasteiger partial charge in [0.25, 0.3) is 0 Å². The summed E-state index contributed by atoms with van der Waals surface area (Å²) >= 11 is 0. The van der Waals surface area contributed by atoms with Crippen LogP contribution in [0.25, 0.3) is 0 Å². The van der Waals surface area contributed by atoms with Gasteiger partial charge in [-0.2, -0.15) is 0 Å². The number of likely N-dealkylation sites (tertiary alicyclic amines) is 1. The number of hydrogen-bond acceptors (Lipinski definition) is 4. The second-order valence-electron chi connectivity index (χ2n) is 5.89. The maximum Gasteiger partial charge on any atom is 0.212 e. The van der Waals surface area contributed by atoms with Gasteiger partial charge >= 0.3 is 0 Å². The SMILES string of the molecule is CN1CC(N2[C@@H]3CC[C@H]2C[C@H](S(N)(=O)=O)C3)C1. The highest BCUT2D eigenvalue weighted by atomic mass is 32.2. The van der Waals surface area contributed by atoms with Crippen LogP contribution in [0.5, 0.6) is 0 Å². The van der Waals surface area contributed by atoms with Crippen LogP contribution in [0.15, 0.2) is 0 Å². The van der Waals surface area contributed by atoms with Gasteiger partial charge in [0.05, 0.1) is 5.25 Å². The normalized spacial score (nSPS) is 40.5. The van der Waals surface area contributed by atoms with E-state index in [1.165, 1.54) is 0 Å². The smallest absolute Gasteiger partial charge is 0.212 e. The minimum Gasteiger partial charge on any atom is -0.303 e. The van der Waals surface area contributed by atoms with Crippen LogP contribution >= 0.6 is 0 Å². The summed E-state index contributed by atoms with van der Waals surface area (Å²) in [6.45, 7) is 2.26. The molecule has 6 heteroatoms. The second kappa shape index (κ2) is 3.91. The first-order chi connectivity index (χ1) is 7.95. The van der Waals surface area contributed by atoms with Crippen LogP contribution in [-0.4, -0.2) is 61.7 Å². The Bertz CT molecular complexity index is 391. The molecule has 98 valence electrons. The second-order valence-corrected chi connectivity index (χ2v) is 7.73. The van der Waals surface area contributed by atoms with Crippen molar-refractivity contribution in [3.8, 4) is 0 Å². The van der Waals surface area contributed by atoms with Crippen LogP contribution in [0.1, 0.15) is 25.7 Å². The van der Waals surface area contributed by atoms with Crippen molar-refractivity contribution in [2.75, 3.05) is 20.1 Å². The van der Waals surface area contributed by atoms with E-state index in [2.05, 4.69) is 16.8 Å². The molecular weight excluding hydrogens is 238 g/mol. The molecule has 2 bridgehead atoms. The van der Waals surface area contributed by atoms with Gasteiger partial charge in [-0.05, 0) is 32.7 Å². The van der Waals surface area contributed by atoms with Crippen molar-refractivity contribution in [1.82, 2.24) is 9.80 Å². The summed E-state index contributed by atoms with van der Waals surface area (Å²) in [5, 5.41) is 5.00. The van der Waals surface area contributed by atoms with E-state index in [4.69, 9.17) is 5.14 Å². The molecule has 5 nitrogen and oxygen atoms in total. The highest BCUT2D eigenvalue weighted by Gasteiger charge is 2.48. The zero-order valence-corrected chi connectivity index (χ0v) is 11.1. The van der Waals surface area contributed by atoms with E-state index in [9.17, 15) is 8.42 Å². The van der Waals surface area contributed by atoms with Gasteiger partial charge < -0.3 is 4.90 Å². The number of primary sulfonamides is 1. The van der Waals surface area contributed by atoms with E-state index in [1.807, 2.05) is 0 Å². The molecule has 0 aromatic heterocycles. The first-order valence-electron chi connectivity index (χ1n) is 6.42. The Labute approximate surface area is 103 Å². The van der Waals surface area contributed by atoms with Gasteiger partial charge in [0.15, 0.2) is 0 Å². The molecule has 0 unspecified atom stereocenters. The molecule has 3 heterocycles. The van der Waals surface area contributed by atoms with Crippen molar-refractivity contribution in [3.05, 3.63) is 0 Å². The maximum absolute atomic E-state index is 11.5. The largest absolute Gasteiger partial charge is 0.303 e. The molecule has 0 saturated carbocycles. The van der Waals surface area contributed by atoms with Crippen molar-refractivity contribution in [1.29, 1.82) is 0 Å². The summed E-state index contributed by atoms with van der Waals surface area (Å²) in [6.07, 6.45) is 3.79. The topological polar surface area (TPSA) is 66.6 Å². The monoisotopic (exact) mass is 259 g/mol. The number of hydrogen-bond donors (Lipinski definition) is 1. The van der Waals surface area contributed by atoms with Crippen molar-refractivity contribution < 1.29 is 8.42 Å². The fourth-order valence-electron chi connectivity index (χ4n) is 3.88. The molecule has 3 fully saturated rings. The standard InChI is InChI=1S/C11H21N3O2S/c1-13-6-10(7-13)14-8-2-3-9(14)5-11(4-8)17(12,15)16/h8-11H,2-7H2,1H3,(H2,12,15,16)/t8-,9+,11-. The minimum atomic E-state index is -3.34. The molecule has 0 aliphatic carbocycles. The lowest BCUT2D eigenvalue weighted by Crippen LogP contribution is -2.63. The third-order valence-corrected chi connectivity index (χ3v) is 5.99. The van der Waals surface area contributed by atoms with Crippen molar-refractivity contribution in [3.63, 3.8) is 0 Å². The Morgan fingerprint density at radius 2 is 1.59 bits per heavy atom. The number of fused-ring (bicyclic) bond motifs is 2. The molecule has 3 saturated heterocycles. The minimum absolute atomic E-state index is 0.297. The van der Waals surface area contributed by atoms with Crippen molar-refractivity contribution in [2.24, 2.45) is 5.14 Å². The summed E-state index contributed by atoms with van der Waals surface area (Å²) in [5.74, 6) is 0. The molecule has 0 radical (unpaired) electrons. The Morgan fingerprint density at radius 3 is 2.00 bits per heavy atom. The van der Waals surface area contributed by atoms with Crippen LogP contribution in [0, 0.1) is 0 Å². The average Bonchev–Trinajstić information content (AvgIpc) is 2.44. The summed E-state index contributed by atoms with van der Waals surface area (Å²) < 4.78 is 22.9. The van der Waals surface area contributed by atoms with Gasteiger partial charge in [0, 0.05) is 31.2 Å². The van der Waals surface area contributed by atoms with Gasteiger partial charge in [0.1, 0.15) is 0 Å². The first-order valence-corrected chi connectivity index (χ1v) is 8.03. The zero-order chi connectivity index (χ0) is 12.2. The Hall–Kier alpha value is -0.170. The summed E-state index contributed by atoms with van der Waals surface area (Å²) in [7, 11) is -1.20. The van der Waals surface area contributed by atoms with Crippen LogP contribution in [0.4, 0.5) is 0 Å². The number of nitrogens with zero attached hydrogens (tertiary/aromatic N) is 2. The lowest BCUT2D eigenvalue weighted by Gasteiger charge is -2.49. The van der Waals surface area contributed by atoms with Crippen molar-refractivity contribution >= 4 is 10.0 Å². The predicted octanol–water partition coefficient (Wildman–Crippen LogP) is -0.416. The van der Waals surface area contributed by atoms with E-state index in [0.717, 1.165) is 38.8 Å². The van der Waals surface area contributed by atoms with Crippen molar-refractivity contribution in [2.45, 2.75) is 49.1 Å². The number of nitrogens with two attached hydrogens (primary N) is 1. The lowest BCUT2D eigenvalue weighted by atomic mass is 9.97. The fraction of sp³-hybridized carbons (Fsp3) is 1.00. The zero-order valence-electron chi connectivity index (χ0n) is 10.2. The van der Waals surface area contributed by atoms with E-state index in [1.54, 1.807) is 0 Å². The van der Waals surface area contributed by atoms with Gasteiger partial charge in [-0.15, -0.1) is 0 Å². The molecule has 3 atom stereocenters. The summed E-state index contributed by atoms with van der Waals surface area (Å²) in [4.78, 5) is 4.90. The van der Waals surface area contributed by atoms with Crippen LogP contribution < -0.4 is 5.14 Å². The van der Waals surface area contributed by atoms with Crippen LogP contribution in [-0.2, 0) is 10.0 Å². The summed E-state index contributed by atoms with van der Waals surface area (Å²) in [6, 6.07) is 1.56. The predicted molar refractivity (Wildman–Crippen MR) is 66.1 cm³/mol. The number of piperidine rings is 1. The first kappa shape index (κ1) is 11.9. The van der Waals surface area contributed by atoms with Crippen LogP contribution in [0.2, 0.25) is 0 Å². The average molecular weight is 259 g/mol. The Kier molecular flexibility index (Phi) is 2.74. The molecule has 3 rings (SSSR count). The maximum atomic E-state index is 11.5. The molecule has 0 amide bonds. The Balaban J connectivity index is 1.72. The van der Waals surface area contributed by atoms with E-state index in [-0.39, 0.29) is 5.25 Å². The highest BCUT2D eigenvalue weighted by molar-refractivity contribution is 7.89. The van der Waals surface area contributed by atoms with Gasteiger partial charge in [-0.3, -0.25) is 4.90 Å². The molecule has 0 aromatic rings. The highest BCUT2D eigenvalue weighted by Crippen LogP contribution is 2.40. The molecule has 0 spiro atoms. The number of sulfonamides is 1. The Morgan fingerprint density at radius 1 is 1.06 bits per heavy atom. The molecule has 3 aliphatic rings. The molecule has 17 heavy (non-hydrogen) atoms. The van der Waals surface area contributed by atoms with E-state index >= 15 is 0 Å². The van der Waals surface area contributed by atoms with Gasteiger partial charge in [-0.1, -0.05) is 0 Å². The molecule has 3 aliphatic heterocycles. The third kappa shape index (κ3) is 2.01. The quantitative estimate of drug-likeness (QED) is 0.732. The third-order valence-electron chi connectivity index (χ3n) is 4.68. The fourth-order valence-corrected chi connectivity index (χ4v) is 4.86. The van der Waals surface area contributed by atoms with Crippen LogP contribution in [0.3, 0.4) is 0 Å².